The summed E-state index contributed by atoms with van der Waals surface area (Å²) in [7, 11) is 0. The SMILES string of the molecule is CCCN1C(=O)C(C(C)CC)NC1C1CCCC1. The summed E-state index contributed by atoms with van der Waals surface area (Å²) in [5, 5.41) is 3.64. The maximum absolute atomic E-state index is 12.5. The van der Waals surface area contributed by atoms with Crippen LogP contribution in [0.1, 0.15) is 59.3 Å². The van der Waals surface area contributed by atoms with Crippen LogP contribution in [0.5, 0.6) is 0 Å². The molecule has 1 saturated heterocycles. The van der Waals surface area contributed by atoms with Gasteiger partial charge in [0.25, 0.3) is 0 Å². The van der Waals surface area contributed by atoms with Crippen molar-refractivity contribution >= 4 is 5.91 Å². The van der Waals surface area contributed by atoms with Gasteiger partial charge in [0.15, 0.2) is 0 Å². The minimum Gasteiger partial charge on any atom is -0.326 e. The van der Waals surface area contributed by atoms with Gasteiger partial charge in [-0.2, -0.15) is 0 Å². The largest absolute Gasteiger partial charge is 0.326 e. The summed E-state index contributed by atoms with van der Waals surface area (Å²) in [6.45, 7) is 7.44. The first kappa shape index (κ1) is 13.9. The molecule has 2 rings (SSSR count). The van der Waals surface area contributed by atoms with Gasteiger partial charge in [-0.05, 0) is 31.1 Å². The van der Waals surface area contributed by atoms with E-state index in [2.05, 4.69) is 31.0 Å². The van der Waals surface area contributed by atoms with E-state index in [9.17, 15) is 4.79 Å². The lowest BCUT2D eigenvalue weighted by Crippen LogP contribution is -2.43. The van der Waals surface area contributed by atoms with Crippen LogP contribution < -0.4 is 5.32 Å². The van der Waals surface area contributed by atoms with E-state index in [4.69, 9.17) is 0 Å². The van der Waals surface area contributed by atoms with Crippen molar-refractivity contribution in [3.05, 3.63) is 0 Å². The normalized spacial score (nSPS) is 31.3. The second-order valence-corrected chi connectivity index (χ2v) is 6.05. The molecule has 3 nitrogen and oxygen atoms in total. The molecule has 3 unspecified atom stereocenters. The van der Waals surface area contributed by atoms with Crippen molar-refractivity contribution < 1.29 is 4.79 Å². The van der Waals surface area contributed by atoms with Gasteiger partial charge in [0, 0.05) is 6.54 Å². The highest BCUT2D eigenvalue weighted by molar-refractivity contribution is 5.84. The molecule has 1 amide bonds. The Balaban J connectivity index is 2.09. The van der Waals surface area contributed by atoms with Crippen LogP contribution in [0.3, 0.4) is 0 Å². The van der Waals surface area contributed by atoms with E-state index in [1.165, 1.54) is 25.7 Å². The highest BCUT2D eigenvalue weighted by Gasteiger charge is 2.44. The third kappa shape index (κ3) is 2.56. The summed E-state index contributed by atoms with van der Waals surface area (Å²) in [4.78, 5) is 14.7. The van der Waals surface area contributed by atoms with Gasteiger partial charge in [0.2, 0.25) is 5.91 Å². The van der Waals surface area contributed by atoms with Crippen molar-refractivity contribution in [1.29, 1.82) is 0 Å². The van der Waals surface area contributed by atoms with Gasteiger partial charge in [-0.1, -0.05) is 40.0 Å². The maximum atomic E-state index is 12.5. The van der Waals surface area contributed by atoms with Crippen molar-refractivity contribution in [1.82, 2.24) is 10.2 Å². The lowest BCUT2D eigenvalue weighted by Gasteiger charge is -2.28. The zero-order valence-electron chi connectivity index (χ0n) is 12.1. The molecule has 0 radical (unpaired) electrons. The molecule has 0 aromatic rings. The summed E-state index contributed by atoms with van der Waals surface area (Å²) in [6, 6.07) is 0.0622. The fourth-order valence-electron chi connectivity index (χ4n) is 3.46. The molecular weight excluding hydrogens is 224 g/mol. The van der Waals surface area contributed by atoms with Gasteiger partial charge >= 0.3 is 0 Å². The Morgan fingerprint density at radius 1 is 1.33 bits per heavy atom. The molecule has 3 heteroatoms. The van der Waals surface area contributed by atoms with Crippen LogP contribution in [0, 0.1) is 11.8 Å². The molecule has 0 aromatic heterocycles. The van der Waals surface area contributed by atoms with E-state index in [1.807, 2.05) is 0 Å². The number of hydrogen-bond donors (Lipinski definition) is 1. The van der Waals surface area contributed by atoms with Crippen LogP contribution in [0.2, 0.25) is 0 Å². The molecule has 2 aliphatic rings. The zero-order valence-corrected chi connectivity index (χ0v) is 12.1. The minimum atomic E-state index is 0.0622. The molecule has 1 aliphatic heterocycles. The van der Waals surface area contributed by atoms with Crippen molar-refractivity contribution in [2.24, 2.45) is 11.8 Å². The monoisotopic (exact) mass is 252 g/mol. The first-order valence-corrected chi connectivity index (χ1v) is 7.75. The highest BCUT2D eigenvalue weighted by Crippen LogP contribution is 2.33. The maximum Gasteiger partial charge on any atom is 0.241 e. The Hall–Kier alpha value is -0.570. The molecular formula is C15H28N2O. The summed E-state index contributed by atoms with van der Waals surface area (Å²) < 4.78 is 0. The van der Waals surface area contributed by atoms with Crippen molar-refractivity contribution in [2.75, 3.05) is 6.54 Å². The fourth-order valence-corrected chi connectivity index (χ4v) is 3.46. The van der Waals surface area contributed by atoms with Gasteiger partial charge < -0.3 is 4.90 Å². The van der Waals surface area contributed by atoms with Crippen LogP contribution in [0.15, 0.2) is 0 Å². The quantitative estimate of drug-likeness (QED) is 0.816. The van der Waals surface area contributed by atoms with Gasteiger partial charge in [-0.25, -0.2) is 0 Å². The van der Waals surface area contributed by atoms with Crippen LogP contribution in [0.4, 0.5) is 0 Å². The molecule has 0 spiro atoms. The topological polar surface area (TPSA) is 32.3 Å². The third-order valence-electron chi connectivity index (χ3n) is 4.76. The second kappa shape index (κ2) is 6.05. The highest BCUT2D eigenvalue weighted by atomic mass is 16.2. The molecule has 104 valence electrons. The first-order valence-electron chi connectivity index (χ1n) is 7.75. The van der Waals surface area contributed by atoms with Crippen molar-refractivity contribution in [3.63, 3.8) is 0 Å². The van der Waals surface area contributed by atoms with Gasteiger partial charge in [-0.15, -0.1) is 0 Å². The van der Waals surface area contributed by atoms with E-state index >= 15 is 0 Å². The average Bonchev–Trinajstić information content (AvgIpc) is 2.99. The fraction of sp³-hybridized carbons (Fsp3) is 0.933. The Morgan fingerprint density at radius 3 is 2.56 bits per heavy atom. The summed E-state index contributed by atoms with van der Waals surface area (Å²) in [5.74, 6) is 1.49. The van der Waals surface area contributed by atoms with Crippen LogP contribution in [-0.4, -0.2) is 29.6 Å². The molecule has 2 fully saturated rings. The Morgan fingerprint density at radius 2 is 2.00 bits per heavy atom. The lowest BCUT2D eigenvalue weighted by molar-refractivity contribution is -0.131. The van der Waals surface area contributed by atoms with E-state index in [1.54, 1.807) is 0 Å². The number of carbonyl (C=O) groups excluding carboxylic acids is 1. The van der Waals surface area contributed by atoms with Crippen LogP contribution in [0.25, 0.3) is 0 Å². The molecule has 0 bridgehead atoms. The number of nitrogens with one attached hydrogen (secondary N) is 1. The molecule has 18 heavy (non-hydrogen) atoms. The van der Waals surface area contributed by atoms with E-state index < -0.39 is 0 Å². The first-order chi connectivity index (χ1) is 8.69. The predicted octanol–water partition coefficient (Wildman–Crippen LogP) is 2.76. The molecule has 3 atom stereocenters. The lowest BCUT2D eigenvalue weighted by atomic mass is 9.99. The third-order valence-corrected chi connectivity index (χ3v) is 4.76. The summed E-state index contributed by atoms with van der Waals surface area (Å²) >= 11 is 0. The Kier molecular flexibility index (Phi) is 4.66. The van der Waals surface area contributed by atoms with Gasteiger partial charge in [0.1, 0.15) is 0 Å². The minimum absolute atomic E-state index is 0.0622. The number of carbonyl (C=O) groups is 1. The molecule has 1 heterocycles. The van der Waals surface area contributed by atoms with Crippen molar-refractivity contribution in [2.45, 2.75) is 71.5 Å². The van der Waals surface area contributed by atoms with E-state index in [0.29, 0.717) is 23.9 Å². The number of rotatable bonds is 5. The Bertz CT molecular complexity index is 286. The average molecular weight is 252 g/mol. The number of hydrogen-bond acceptors (Lipinski definition) is 2. The smallest absolute Gasteiger partial charge is 0.241 e. The van der Waals surface area contributed by atoms with E-state index in [0.717, 1.165) is 19.4 Å². The summed E-state index contributed by atoms with van der Waals surface area (Å²) in [5.41, 5.74) is 0. The second-order valence-electron chi connectivity index (χ2n) is 6.05. The van der Waals surface area contributed by atoms with Crippen LogP contribution >= 0.6 is 0 Å². The Labute approximate surface area is 111 Å². The molecule has 1 aliphatic carbocycles. The van der Waals surface area contributed by atoms with Gasteiger partial charge in [-0.3, -0.25) is 10.1 Å². The number of amides is 1. The predicted molar refractivity (Wildman–Crippen MR) is 74.1 cm³/mol. The van der Waals surface area contributed by atoms with Crippen molar-refractivity contribution in [3.8, 4) is 0 Å². The molecule has 0 aromatic carbocycles. The summed E-state index contributed by atoms with van der Waals surface area (Å²) in [6.07, 6.45) is 7.70. The zero-order chi connectivity index (χ0) is 13.1. The number of nitrogens with zero attached hydrogens (tertiary/aromatic N) is 1. The van der Waals surface area contributed by atoms with Crippen LogP contribution in [-0.2, 0) is 4.79 Å². The molecule has 1 N–H and O–H groups in total. The van der Waals surface area contributed by atoms with E-state index in [-0.39, 0.29) is 6.04 Å². The standard InChI is InChI=1S/C15H28N2O/c1-4-10-17-14(12-8-6-7-9-12)16-13(15(17)18)11(3)5-2/h11-14,16H,4-10H2,1-3H3. The molecule has 1 saturated carbocycles. The van der Waals surface area contributed by atoms with Gasteiger partial charge in [0.05, 0.1) is 12.2 Å².